The lowest BCUT2D eigenvalue weighted by Crippen LogP contribution is -2.01. The molecule has 100 valence electrons. The van der Waals surface area contributed by atoms with E-state index in [4.69, 9.17) is 0 Å². The number of benzene rings is 2. The Morgan fingerprint density at radius 1 is 0.950 bits per heavy atom. The lowest BCUT2D eigenvalue weighted by molar-refractivity contribution is 0.684. The van der Waals surface area contributed by atoms with Crippen molar-refractivity contribution in [2.24, 2.45) is 0 Å². The van der Waals surface area contributed by atoms with Gasteiger partial charge in [-0.05, 0) is 30.5 Å². The molecule has 0 saturated heterocycles. The Kier molecular flexibility index (Phi) is 3.38. The van der Waals surface area contributed by atoms with Gasteiger partial charge >= 0.3 is 0 Å². The summed E-state index contributed by atoms with van der Waals surface area (Å²) in [6.07, 6.45) is 4.05. The summed E-state index contributed by atoms with van der Waals surface area (Å²) in [6, 6.07) is 17.0. The first-order chi connectivity index (χ1) is 9.72. The van der Waals surface area contributed by atoms with Crippen molar-refractivity contribution in [3.8, 4) is 11.1 Å². The zero-order valence-electron chi connectivity index (χ0n) is 11.9. The van der Waals surface area contributed by atoms with Crippen molar-refractivity contribution in [2.45, 2.75) is 20.4 Å². The molecule has 0 unspecified atom stereocenters. The van der Waals surface area contributed by atoms with Crippen LogP contribution in [0.5, 0.6) is 0 Å². The molecule has 0 aliphatic carbocycles. The molecule has 0 radical (unpaired) electrons. The van der Waals surface area contributed by atoms with Gasteiger partial charge in [-0.1, -0.05) is 54.1 Å². The molecule has 0 fully saturated rings. The van der Waals surface area contributed by atoms with E-state index in [1.54, 1.807) is 0 Å². The van der Waals surface area contributed by atoms with Crippen molar-refractivity contribution in [2.75, 3.05) is 0 Å². The Balaban J connectivity index is 1.86. The molecular formula is C18H18N2. The highest BCUT2D eigenvalue weighted by molar-refractivity contribution is 5.62. The Morgan fingerprint density at radius 2 is 1.80 bits per heavy atom. The summed E-state index contributed by atoms with van der Waals surface area (Å²) in [4.78, 5) is 0. The Hall–Kier alpha value is -2.35. The van der Waals surface area contributed by atoms with Crippen LogP contribution < -0.4 is 0 Å². The number of hydrogen-bond donors (Lipinski definition) is 0. The maximum absolute atomic E-state index is 4.48. The van der Waals surface area contributed by atoms with Crippen molar-refractivity contribution in [1.82, 2.24) is 9.78 Å². The van der Waals surface area contributed by atoms with Crippen LogP contribution in [0.1, 0.15) is 16.7 Å². The van der Waals surface area contributed by atoms with Crippen molar-refractivity contribution in [3.63, 3.8) is 0 Å². The summed E-state index contributed by atoms with van der Waals surface area (Å²) in [5, 5.41) is 4.48. The molecule has 0 atom stereocenters. The number of nitrogens with zero attached hydrogens (tertiary/aromatic N) is 2. The van der Waals surface area contributed by atoms with Crippen LogP contribution in [0, 0.1) is 13.8 Å². The average Bonchev–Trinajstić information content (AvgIpc) is 2.90. The van der Waals surface area contributed by atoms with E-state index in [1.165, 1.54) is 27.8 Å². The number of aromatic nitrogens is 2. The molecule has 0 N–H and O–H groups in total. The molecular weight excluding hydrogens is 244 g/mol. The topological polar surface area (TPSA) is 17.8 Å². The molecule has 20 heavy (non-hydrogen) atoms. The van der Waals surface area contributed by atoms with E-state index >= 15 is 0 Å². The van der Waals surface area contributed by atoms with Crippen molar-refractivity contribution < 1.29 is 0 Å². The van der Waals surface area contributed by atoms with Gasteiger partial charge in [-0.2, -0.15) is 5.10 Å². The zero-order valence-corrected chi connectivity index (χ0v) is 11.9. The lowest BCUT2D eigenvalue weighted by Gasteiger charge is -2.05. The fourth-order valence-electron chi connectivity index (χ4n) is 2.39. The molecule has 3 rings (SSSR count). The van der Waals surface area contributed by atoms with Gasteiger partial charge in [0.1, 0.15) is 0 Å². The second-order valence-corrected chi connectivity index (χ2v) is 5.22. The summed E-state index contributed by atoms with van der Waals surface area (Å²) in [5.41, 5.74) is 6.28. The van der Waals surface area contributed by atoms with Crippen LogP contribution in [0.3, 0.4) is 0 Å². The van der Waals surface area contributed by atoms with E-state index in [2.05, 4.69) is 73.7 Å². The van der Waals surface area contributed by atoms with E-state index in [1.807, 2.05) is 10.9 Å². The summed E-state index contributed by atoms with van der Waals surface area (Å²) in [7, 11) is 0. The standard InChI is InChI=1S/C18H18N2/c1-14-6-5-9-16(10-14)18-11-19-20(13-18)12-17-8-4-3-7-15(17)2/h3-11,13H,12H2,1-2H3. The van der Waals surface area contributed by atoms with Gasteiger partial charge in [-0.25, -0.2) is 0 Å². The van der Waals surface area contributed by atoms with Gasteiger partial charge in [0.05, 0.1) is 12.7 Å². The highest BCUT2D eigenvalue weighted by atomic mass is 15.3. The van der Waals surface area contributed by atoms with E-state index in [9.17, 15) is 0 Å². The first-order valence-corrected chi connectivity index (χ1v) is 6.86. The minimum Gasteiger partial charge on any atom is -0.268 e. The molecule has 3 aromatic rings. The molecule has 0 aliphatic heterocycles. The summed E-state index contributed by atoms with van der Waals surface area (Å²) >= 11 is 0. The lowest BCUT2D eigenvalue weighted by atomic mass is 10.1. The maximum Gasteiger partial charge on any atom is 0.0662 e. The van der Waals surface area contributed by atoms with Crippen LogP contribution in [-0.2, 0) is 6.54 Å². The van der Waals surface area contributed by atoms with E-state index in [0.29, 0.717) is 0 Å². The minimum atomic E-state index is 0.818. The molecule has 1 heterocycles. The SMILES string of the molecule is Cc1cccc(-c2cnn(Cc3ccccc3C)c2)c1. The third-order valence-corrected chi connectivity index (χ3v) is 3.58. The second-order valence-electron chi connectivity index (χ2n) is 5.22. The maximum atomic E-state index is 4.48. The van der Waals surface area contributed by atoms with E-state index < -0.39 is 0 Å². The van der Waals surface area contributed by atoms with Gasteiger partial charge in [0.25, 0.3) is 0 Å². The van der Waals surface area contributed by atoms with Crippen molar-refractivity contribution in [1.29, 1.82) is 0 Å². The Bertz CT molecular complexity index is 726. The number of hydrogen-bond acceptors (Lipinski definition) is 1. The summed E-state index contributed by atoms with van der Waals surface area (Å²) in [5.74, 6) is 0. The van der Waals surface area contributed by atoms with Gasteiger partial charge in [0.15, 0.2) is 0 Å². The predicted octanol–water partition coefficient (Wildman–Crippen LogP) is 4.22. The average molecular weight is 262 g/mol. The third-order valence-electron chi connectivity index (χ3n) is 3.58. The van der Waals surface area contributed by atoms with Gasteiger partial charge in [-0.3, -0.25) is 4.68 Å². The van der Waals surface area contributed by atoms with Gasteiger partial charge in [-0.15, -0.1) is 0 Å². The molecule has 2 heteroatoms. The minimum absolute atomic E-state index is 0.818. The fourth-order valence-corrected chi connectivity index (χ4v) is 2.39. The van der Waals surface area contributed by atoms with Crippen LogP contribution in [0.25, 0.3) is 11.1 Å². The summed E-state index contributed by atoms with van der Waals surface area (Å²) < 4.78 is 2.00. The molecule has 0 aliphatic rings. The molecule has 2 nitrogen and oxygen atoms in total. The molecule has 0 bridgehead atoms. The molecule has 1 aromatic heterocycles. The van der Waals surface area contributed by atoms with Gasteiger partial charge < -0.3 is 0 Å². The van der Waals surface area contributed by atoms with Crippen LogP contribution in [0.4, 0.5) is 0 Å². The van der Waals surface area contributed by atoms with Crippen LogP contribution >= 0.6 is 0 Å². The second kappa shape index (κ2) is 5.33. The van der Waals surface area contributed by atoms with E-state index in [0.717, 1.165) is 6.54 Å². The fraction of sp³-hybridized carbons (Fsp3) is 0.167. The van der Waals surface area contributed by atoms with Gasteiger partial charge in [0.2, 0.25) is 0 Å². The normalized spacial score (nSPS) is 10.7. The molecule has 0 saturated carbocycles. The Morgan fingerprint density at radius 3 is 2.60 bits per heavy atom. The first-order valence-electron chi connectivity index (χ1n) is 6.86. The highest BCUT2D eigenvalue weighted by Gasteiger charge is 2.04. The van der Waals surface area contributed by atoms with E-state index in [-0.39, 0.29) is 0 Å². The largest absolute Gasteiger partial charge is 0.268 e. The van der Waals surface area contributed by atoms with Crippen LogP contribution in [0.2, 0.25) is 0 Å². The number of rotatable bonds is 3. The zero-order chi connectivity index (χ0) is 13.9. The monoisotopic (exact) mass is 262 g/mol. The molecule has 0 spiro atoms. The predicted molar refractivity (Wildman–Crippen MR) is 82.7 cm³/mol. The van der Waals surface area contributed by atoms with Crippen LogP contribution in [0.15, 0.2) is 60.9 Å². The van der Waals surface area contributed by atoms with Gasteiger partial charge in [0, 0.05) is 11.8 Å². The molecule has 2 aromatic carbocycles. The van der Waals surface area contributed by atoms with Crippen molar-refractivity contribution in [3.05, 3.63) is 77.6 Å². The highest BCUT2D eigenvalue weighted by Crippen LogP contribution is 2.20. The third kappa shape index (κ3) is 2.64. The number of aryl methyl sites for hydroxylation is 2. The smallest absolute Gasteiger partial charge is 0.0662 e. The van der Waals surface area contributed by atoms with Crippen molar-refractivity contribution >= 4 is 0 Å². The first kappa shape index (κ1) is 12.7. The molecule has 0 amide bonds. The summed E-state index contributed by atoms with van der Waals surface area (Å²) in [6.45, 7) is 5.07. The van der Waals surface area contributed by atoms with Crippen LogP contribution in [-0.4, -0.2) is 9.78 Å². The Labute approximate surface area is 119 Å². The quantitative estimate of drug-likeness (QED) is 0.691.